The number of hydrogen-bond donors (Lipinski definition) is 3. The van der Waals surface area contributed by atoms with Crippen molar-refractivity contribution >= 4 is 34.6 Å². The van der Waals surface area contributed by atoms with E-state index in [1.807, 2.05) is 37.3 Å². The van der Waals surface area contributed by atoms with Gasteiger partial charge in [0.15, 0.2) is 5.65 Å². The number of aromatic amines is 1. The Morgan fingerprint density at radius 2 is 2.14 bits per heavy atom. The first-order valence-corrected chi connectivity index (χ1v) is 6.68. The minimum absolute atomic E-state index is 0.294. The Morgan fingerprint density at radius 3 is 2.91 bits per heavy atom. The number of carbonyl (C=O) groups excluding carboxylic acids is 1. The third kappa shape index (κ3) is 2.98. The van der Waals surface area contributed by atoms with Gasteiger partial charge < -0.3 is 15.0 Å². The molecule has 0 radical (unpaired) electrons. The van der Waals surface area contributed by atoms with Crippen molar-refractivity contribution in [2.45, 2.75) is 6.92 Å². The Hall–Kier alpha value is -3.09. The van der Waals surface area contributed by atoms with Crippen LogP contribution >= 0.6 is 0 Å². The predicted octanol–water partition coefficient (Wildman–Crippen LogP) is 3.19. The van der Waals surface area contributed by atoms with E-state index in [1.165, 1.54) is 12.7 Å². The van der Waals surface area contributed by atoms with Crippen LogP contribution in [0.4, 0.5) is 22.1 Å². The minimum Gasteiger partial charge on any atom is -0.453 e. The lowest BCUT2D eigenvalue weighted by molar-refractivity contribution is 0.186. The summed E-state index contributed by atoms with van der Waals surface area (Å²) in [4.78, 5) is 22.6. The van der Waals surface area contributed by atoms with Gasteiger partial charge in [0.1, 0.15) is 5.52 Å². The molecule has 22 heavy (non-hydrogen) atoms. The second-order valence-electron chi connectivity index (χ2n) is 4.79. The lowest BCUT2D eigenvalue weighted by atomic mass is 10.2. The zero-order valence-corrected chi connectivity index (χ0v) is 12.2. The number of nitrogens with zero attached hydrogens (tertiary/aromatic N) is 2. The van der Waals surface area contributed by atoms with E-state index < -0.39 is 6.09 Å². The Labute approximate surface area is 126 Å². The normalized spacial score (nSPS) is 10.5. The fourth-order valence-electron chi connectivity index (χ4n) is 2.06. The summed E-state index contributed by atoms with van der Waals surface area (Å²) < 4.78 is 4.52. The van der Waals surface area contributed by atoms with E-state index in [0.717, 1.165) is 11.4 Å². The van der Waals surface area contributed by atoms with Crippen LogP contribution in [0.15, 0.2) is 36.5 Å². The molecule has 0 saturated carbocycles. The molecule has 3 aromatic rings. The SMILES string of the molecule is COC(=O)Nc1nc2cc(Nc3cccc(C)c3)cnc2[nH]1. The van der Waals surface area contributed by atoms with Gasteiger partial charge in [0.2, 0.25) is 5.95 Å². The molecule has 1 aromatic carbocycles. The molecule has 1 amide bonds. The average molecular weight is 297 g/mol. The summed E-state index contributed by atoms with van der Waals surface area (Å²) in [6.07, 6.45) is 1.11. The minimum atomic E-state index is -0.586. The van der Waals surface area contributed by atoms with Crippen molar-refractivity contribution < 1.29 is 9.53 Å². The third-order valence-electron chi connectivity index (χ3n) is 3.05. The second kappa shape index (κ2) is 5.72. The van der Waals surface area contributed by atoms with Gasteiger partial charge in [-0.15, -0.1) is 0 Å². The van der Waals surface area contributed by atoms with Gasteiger partial charge in [-0.3, -0.25) is 5.32 Å². The number of ether oxygens (including phenoxy) is 1. The molecule has 3 N–H and O–H groups in total. The number of nitrogens with one attached hydrogen (secondary N) is 3. The number of H-pyrrole nitrogens is 1. The summed E-state index contributed by atoms with van der Waals surface area (Å²) in [5.41, 5.74) is 4.19. The van der Waals surface area contributed by atoms with Crippen LogP contribution in [0.2, 0.25) is 0 Å². The van der Waals surface area contributed by atoms with E-state index in [9.17, 15) is 4.79 Å². The lowest BCUT2D eigenvalue weighted by Gasteiger charge is -2.06. The van der Waals surface area contributed by atoms with Crippen LogP contribution in [0.5, 0.6) is 0 Å². The highest BCUT2D eigenvalue weighted by atomic mass is 16.5. The first-order chi connectivity index (χ1) is 10.6. The van der Waals surface area contributed by atoms with Crippen LogP contribution in [0.1, 0.15) is 5.56 Å². The predicted molar refractivity (Wildman–Crippen MR) is 84.4 cm³/mol. The number of imidazole rings is 1. The quantitative estimate of drug-likeness (QED) is 0.690. The number of pyridine rings is 1. The van der Waals surface area contributed by atoms with Crippen LogP contribution in [-0.2, 0) is 4.74 Å². The molecule has 0 aliphatic rings. The fourth-order valence-corrected chi connectivity index (χ4v) is 2.06. The lowest BCUT2D eigenvalue weighted by Crippen LogP contribution is -2.11. The van der Waals surface area contributed by atoms with E-state index in [1.54, 1.807) is 6.20 Å². The van der Waals surface area contributed by atoms with Gasteiger partial charge >= 0.3 is 6.09 Å². The molecule has 7 heteroatoms. The van der Waals surface area contributed by atoms with Crippen molar-refractivity contribution in [1.29, 1.82) is 0 Å². The Bertz CT molecular complexity index is 828. The molecule has 0 fully saturated rings. The van der Waals surface area contributed by atoms with Gasteiger partial charge in [-0.25, -0.2) is 14.8 Å². The van der Waals surface area contributed by atoms with Crippen LogP contribution < -0.4 is 10.6 Å². The van der Waals surface area contributed by atoms with Crippen molar-refractivity contribution in [1.82, 2.24) is 15.0 Å². The Kier molecular flexibility index (Phi) is 3.61. The number of fused-ring (bicyclic) bond motifs is 1. The Morgan fingerprint density at radius 1 is 1.27 bits per heavy atom. The monoisotopic (exact) mass is 297 g/mol. The number of aryl methyl sites for hydroxylation is 1. The van der Waals surface area contributed by atoms with Crippen LogP contribution in [0.3, 0.4) is 0 Å². The molecule has 0 atom stereocenters. The van der Waals surface area contributed by atoms with Crippen LogP contribution in [-0.4, -0.2) is 28.2 Å². The highest BCUT2D eigenvalue weighted by molar-refractivity contribution is 5.86. The van der Waals surface area contributed by atoms with Gasteiger partial charge in [0, 0.05) is 5.69 Å². The van der Waals surface area contributed by atoms with E-state index in [4.69, 9.17) is 0 Å². The number of aromatic nitrogens is 3. The molecule has 0 spiro atoms. The zero-order chi connectivity index (χ0) is 15.5. The van der Waals surface area contributed by atoms with Crippen molar-refractivity contribution in [2.24, 2.45) is 0 Å². The van der Waals surface area contributed by atoms with Gasteiger partial charge in [-0.1, -0.05) is 12.1 Å². The first kappa shape index (κ1) is 13.9. The number of hydrogen-bond acceptors (Lipinski definition) is 5. The van der Waals surface area contributed by atoms with E-state index in [0.29, 0.717) is 17.1 Å². The highest BCUT2D eigenvalue weighted by Crippen LogP contribution is 2.21. The maximum absolute atomic E-state index is 11.2. The molecule has 112 valence electrons. The van der Waals surface area contributed by atoms with E-state index >= 15 is 0 Å². The molecular weight excluding hydrogens is 282 g/mol. The molecule has 0 bridgehead atoms. The smallest absolute Gasteiger partial charge is 0.413 e. The van der Waals surface area contributed by atoms with Gasteiger partial charge in [0.05, 0.1) is 19.0 Å². The van der Waals surface area contributed by atoms with Crippen molar-refractivity contribution in [3.63, 3.8) is 0 Å². The topological polar surface area (TPSA) is 91.9 Å². The summed E-state index contributed by atoms with van der Waals surface area (Å²) in [6, 6.07) is 9.89. The van der Waals surface area contributed by atoms with Crippen LogP contribution in [0, 0.1) is 6.92 Å². The molecule has 0 unspecified atom stereocenters. The van der Waals surface area contributed by atoms with Gasteiger partial charge in [-0.05, 0) is 30.7 Å². The van der Waals surface area contributed by atoms with Crippen LogP contribution in [0.25, 0.3) is 11.2 Å². The summed E-state index contributed by atoms with van der Waals surface area (Å²) in [5, 5.41) is 5.74. The molecule has 0 aliphatic carbocycles. The molecular formula is C15H15N5O2. The summed E-state index contributed by atoms with van der Waals surface area (Å²) in [6.45, 7) is 2.03. The largest absolute Gasteiger partial charge is 0.453 e. The molecule has 3 rings (SSSR count). The molecule has 2 aromatic heterocycles. The summed E-state index contributed by atoms with van der Waals surface area (Å²) in [5.74, 6) is 0.294. The Balaban J connectivity index is 1.84. The van der Waals surface area contributed by atoms with E-state index in [2.05, 4.69) is 30.3 Å². The number of methoxy groups -OCH3 is 1. The number of anilines is 3. The number of rotatable bonds is 3. The third-order valence-corrected chi connectivity index (χ3v) is 3.05. The molecule has 0 saturated heterocycles. The number of carbonyl (C=O) groups is 1. The fraction of sp³-hybridized carbons (Fsp3) is 0.133. The maximum Gasteiger partial charge on any atom is 0.413 e. The first-order valence-electron chi connectivity index (χ1n) is 6.68. The van der Waals surface area contributed by atoms with Crippen molar-refractivity contribution in [3.8, 4) is 0 Å². The second-order valence-corrected chi connectivity index (χ2v) is 4.79. The number of amides is 1. The molecule has 7 nitrogen and oxygen atoms in total. The maximum atomic E-state index is 11.2. The van der Waals surface area contributed by atoms with Gasteiger partial charge in [-0.2, -0.15) is 0 Å². The van der Waals surface area contributed by atoms with E-state index in [-0.39, 0.29) is 0 Å². The number of benzene rings is 1. The molecule has 0 aliphatic heterocycles. The zero-order valence-electron chi connectivity index (χ0n) is 12.2. The van der Waals surface area contributed by atoms with Gasteiger partial charge in [0.25, 0.3) is 0 Å². The average Bonchev–Trinajstić information content (AvgIpc) is 2.88. The summed E-state index contributed by atoms with van der Waals surface area (Å²) >= 11 is 0. The highest BCUT2D eigenvalue weighted by Gasteiger charge is 2.08. The standard InChI is InChI=1S/C15H15N5O2/c1-9-4-3-5-10(6-9)17-11-7-12-13(16-8-11)19-14(18-12)20-15(21)22-2/h3-8,17H,1-2H3,(H2,16,18,19,20,21). The van der Waals surface area contributed by atoms with Crippen molar-refractivity contribution in [3.05, 3.63) is 42.1 Å². The van der Waals surface area contributed by atoms with Crippen molar-refractivity contribution in [2.75, 3.05) is 17.7 Å². The summed E-state index contributed by atoms with van der Waals surface area (Å²) in [7, 11) is 1.29. The molecule has 2 heterocycles.